The zero-order chi connectivity index (χ0) is 13.1. The minimum atomic E-state index is -0.370. The summed E-state index contributed by atoms with van der Waals surface area (Å²) in [7, 11) is 4.22. The van der Waals surface area contributed by atoms with Crippen molar-refractivity contribution in [2.24, 2.45) is 11.1 Å². The largest absolute Gasteiger partial charge is 0.342 e. The number of hydrogen-bond acceptors (Lipinski definition) is 3. The van der Waals surface area contributed by atoms with Crippen LogP contribution in [0.15, 0.2) is 0 Å². The molecule has 0 bridgehead atoms. The maximum atomic E-state index is 12.4. The van der Waals surface area contributed by atoms with Crippen molar-refractivity contribution < 1.29 is 4.79 Å². The third-order valence-electron chi connectivity index (χ3n) is 4.23. The first-order valence-electron chi connectivity index (χ1n) is 6.60. The molecule has 17 heavy (non-hydrogen) atoms. The van der Waals surface area contributed by atoms with Gasteiger partial charge in [-0.3, -0.25) is 4.79 Å². The van der Waals surface area contributed by atoms with Crippen LogP contribution in [0.4, 0.5) is 0 Å². The van der Waals surface area contributed by atoms with Gasteiger partial charge in [0.05, 0.1) is 5.41 Å². The Bertz CT molecular complexity index is 253. The number of amides is 1. The average Bonchev–Trinajstić information content (AvgIpc) is 2.37. The van der Waals surface area contributed by atoms with Gasteiger partial charge in [0.1, 0.15) is 0 Å². The highest BCUT2D eigenvalue weighted by molar-refractivity contribution is 5.82. The maximum absolute atomic E-state index is 12.4. The highest BCUT2D eigenvalue weighted by Gasteiger charge is 2.35. The molecule has 1 atom stereocenters. The molecule has 1 unspecified atom stereocenters. The summed E-state index contributed by atoms with van der Waals surface area (Å²) in [6, 6.07) is 0.616. The molecule has 1 rings (SSSR count). The van der Waals surface area contributed by atoms with Crippen molar-refractivity contribution in [1.82, 2.24) is 9.80 Å². The van der Waals surface area contributed by atoms with E-state index in [1.165, 1.54) is 0 Å². The predicted octanol–water partition coefficient (Wildman–Crippen LogP) is 0.914. The van der Waals surface area contributed by atoms with E-state index in [1.807, 2.05) is 18.7 Å². The van der Waals surface area contributed by atoms with Crippen molar-refractivity contribution >= 4 is 5.91 Å². The monoisotopic (exact) mass is 241 g/mol. The molecule has 0 radical (unpaired) electrons. The van der Waals surface area contributed by atoms with Gasteiger partial charge in [-0.15, -0.1) is 0 Å². The van der Waals surface area contributed by atoms with Crippen LogP contribution in [0, 0.1) is 5.41 Å². The smallest absolute Gasteiger partial charge is 0.229 e. The fourth-order valence-corrected chi connectivity index (χ4v) is 2.35. The summed E-state index contributed by atoms with van der Waals surface area (Å²) in [5.74, 6) is 0.236. The molecule has 1 saturated heterocycles. The van der Waals surface area contributed by atoms with Crippen molar-refractivity contribution in [3.05, 3.63) is 0 Å². The molecule has 4 nitrogen and oxygen atoms in total. The van der Waals surface area contributed by atoms with Crippen molar-refractivity contribution in [2.45, 2.75) is 39.2 Å². The van der Waals surface area contributed by atoms with Gasteiger partial charge in [-0.05, 0) is 40.3 Å². The van der Waals surface area contributed by atoms with Crippen LogP contribution in [-0.4, -0.2) is 55.5 Å². The molecular formula is C13H27N3O. The van der Waals surface area contributed by atoms with Gasteiger partial charge in [-0.1, -0.05) is 6.92 Å². The molecule has 0 saturated carbocycles. The van der Waals surface area contributed by atoms with E-state index in [9.17, 15) is 4.79 Å². The van der Waals surface area contributed by atoms with Crippen molar-refractivity contribution in [2.75, 3.05) is 33.7 Å². The Balaban J connectivity index is 2.57. The Kier molecular flexibility index (Phi) is 4.95. The van der Waals surface area contributed by atoms with Crippen molar-refractivity contribution in [1.29, 1.82) is 0 Å². The Morgan fingerprint density at radius 3 is 2.29 bits per heavy atom. The van der Waals surface area contributed by atoms with Gasteiger partial charge in [0.15, 0.2) is 0 Å². The molecule has 1 heterocycles. The Labute approximate surface area is 105 Å². The SMILES string of the molecule is CCC(C)(CN)C(=O)N1CCC(N(C)C)CC1. The van der Waals surface area contributed by atoms with Gasteiger partial charge in [0.25, 0.3) is 0 Å². The molecule has 0 aromatic rings. The van der Waals surface area contributed by atoms with Crippen LogP contribution in [0.1, 0.15) is 33.1 Å². The number of nitrogens with two attached hydrogens (primary N) is 1. The summed E-state index contributed by atoms with van der Waals surface area (Å²) in [4.78, 5) is 16.6. The first-order chi connectivity index (χ1) is 7.94. The van der Waals surface area contributed by atoms with Gasteiger partial charge in [-0.25, -0.2) is 0 Å². The van der Waals surface area contributed by atoms with Crippen LogP contribution in [0.3, 0.4) is 0 Å². The molecule has 0 aromatic heterocycles. The lowest BCUT2D eigenvalue weighted by atomic mass is 9.85. The number of rotatable bonds is 4. The summed E-state index contributed by atoms with van der Waals surface area (Å²) in [5.41, 5.74) is 5.37. The van der Waals surface area contributed by atoms with Crippen LogP contribution in [0.5, 0.6) is 0 Å². The molecule has 4 heteroatoms. The summed E-state index contributed by atoms with van der Waals surface area (Å²) >= 11 is 0. The number of likely N-dealkylation sites (tertiary alicyclic amines) is 1. The van der Waals surface area contributed by atoms with Gasteiger partial charge < -0.3 is 15.5 Å². The van der Waals surface area contributed by atoms with Crippen LogP contribution < -0.4 is 5.73 Å². The average molecular weight is 241 g/mol. The highest BCUT2D eigenvalue weighted by atomic mass is 16.2. The summed E-state index contributed by atoms with van der Waals surface area (Å²) in [6.45, 7) is 6.20. The van der Waals surface area contributed by atoms with E-state index in [0.29, 0.717) is 12.6 Å². The maximum Gasteiger partial charge on any atom is 0.229 e. The molecule has 0 aromatic carbocycles. The number of hydrogen-bond donors (Lipinski definition) is 1. The lowest BCUT2D eigenvalue weighted by Crippen LogP contribution is -2.51. The molecular weight excluding hydrogens is 214 g/mol. The molecule has 1 amide bonds. The zero-order valence-electron chi connectivity index (χ0n) is 11.7. The van der Waals surface area contributed by atoms with E-state index in [-0.39, 0.29) is 11.3 Å². The molecule has 2 N–H and O–H groups in total. The molecule has 1 aliphatic heterocycles. The van der Waals surface area contributed by atoms with Crippen LogP contribution >= 0.6 is 0 Å². The number of carbonyl (C=O) groups excluding carboxylic acids is 1. The number of nitrogens with zero attached hydrogens (tertiary/aromatic N) is 2. The van der Waals surface area contributed by atoms with Gasteiger partial charge in [0.2, 0.25) is 5.91 Å². The summed E-state index contributed by atoms with van der Waals surface area (Å²) < 4.78 is 0. The highest BCUT2D eigenvalue weighted by Crippen LogP contribution is 2.25. The summed E-state index contributed by atoms with van der Waals surface area (Å²) in [6.07, 6.45) is 2.96. The second-order valence-electron chi connectivity index (χ2n) is 5.61. The third kappa shape index (κ3) is 3.19. The first-order valence-corrected chi connectivity index (χ1v) is 6.60. The van der Waals surface area contributed by atoms with Crippen LogP contribution in [0.25, 0.3) is 0 Å². The Hall–Kier alpha value is -0.610. The van der Waals surface area contributed by atoms with Gasteiger partial charge in [-0.2, -0.15) is 0 Å². The van der Waals surface area contributed by atoms with E-state index in [0.717, 1.165) is 32.4 Å². The molecule has 100 valence electrons. The van der Waals surface area contributed by atoms with Crippen LogP contribution in [-0.2, 0) is 4.79 Å². The van der Waals surface area contributed by atoms with Crippen molar-refractivity contribution in [3.8, 4) is 0 Å². The normalized spacial score (nSPS) is 21.6. The Morgan fingerprint density at radius 2 is 1.94 bits per heavy atom. The third-order valence-corrected chi connectivity index (χ3v) is 4.23. The quantitative estimate of drug-likeness (QED) is 0.796. The predicted molar refractivity (Wildman–Crippen MR) is 70.7 cm³/mol. The molecule has 0 spiro atoms. The van der Waals surface area contributed by atoms with E-state index < -0.39 is 0 Å². The molecule has 1 aliphatic rings. The number of piperidine rings is 1. The van der Waals surface area contributed by atoms with Gasteiger partial charge >= 0.3 is 0 Å². The zero-order valence-corrected chi connectivity index (χ0v) is 11.7. The topological polar surface area (TPSA) is 49.6 Å². The van der Waals surface area contributed by atoms with Crippen molar-refractivity contribution in [3.63, 3.8) is 0 Å². The van der Waals surface area contributed by atoms with E-state index in [2.05, 4.69) is 19.0 Å². The molecule has 1 fully saturated rings. The number of carbonyl (C=O) groups is 1. The lowest BCUT2D eigenvalue weighted by Gasteiger charge is -2.39. The van der Waals surface area contributed by atoms with E-state index in [4.69, 9.17) is 5.73 Å². The first kappa shape index (κ1) is 14.5. The minimum Gasteiger partial charge on any atom is -0.342 e. The fraction of sp³-hybridized carbons (Fsp3) is 0.923. The van der Waals surface area contributed by atoms with E-state index >= 15 is 0 Å². The standard InChI is InChI=1S/C13H27N3O/c1-5-13(2,10-14)12(17)16-8-6-11(7-9-16)15(3)4/h11H,5-10,14H2,1-4H3. The second-order valence-corrected chi connectivity index (χ2v) is 5.61. The Morgan fingerprint density at radius 1 is 1.41 bits per heavy atom. The van der Waals surface area contributed by atoms with Gasteiger partial charge in [0, 0.05) is 25.7 Å². The fourth-order valence-electron chi connectivity index (χ4n) is 2.35. The molecule has 0 aliphatic carbocycles. The van der Waals surface area contributed by atoms with Crippen LogP contribution in [0.2, 0.25) is 0 Å². The van der Waals surface area contributed by atoms with E-state index in [1.54, 1.807) is 0 Å². The lowest BCUT2D eigenvalue weighted by molar-refractivity contribution is -0.142. The minimum absolute atomic E-state index is 0.236. The summed E-state index contributed by atoms with van der Waals surface area (Å²) in [5, 5.41) is 0. The second kappa shape index (κ2) is 5.83.